The van der Waals surface area contributed by atoms with Crippen molar-refractivity contribution in [3.63, 3.8) is 0 Å². The van der Waals surface area contributed by atoms with E-state index in [1.54, 1.807) is 11.3 Å². The second-order valence-corrected chi connectivity index (χ2v) is 5.76. The average Bonchev–Trinajstić information content (AvgIpc) is 2.96. The number of hydrogen-bond acceptors (Lipinski definition) is 3. The van der Waals surface area contributed by atoms with Crippen molar-refractivity contribution in [2.45, 2.75) is 25.7 Å². The van der Waals surface area contributed by atoms with E-state index in [0.717, 1.165) is 17.2 Å². The maximum atomic E-state index is 4.67. The minimum Gasteiger partial charge on any atom is -0.241 e. The third-order valence-corrected chi connectivity index (χ3v) is 4.43. The van der Waals surface area contributed by atoms with Gasteiger partial charge in [0.05, 0.1) is 5.69 Å². The van der Waals surface area contributed by atoms with Gasteiger partial charge in [0.2, 0.25) is 0 Å². The lowest BCUT2D eigenvalue weighted by Crippen LogP contribution is -1.87. The van der Waals surface area contributed by atoms with E-state index in [-0.39, 0.29) is 0 Å². The molecule has 0 amide bonds. The Morgan fingerprint density at radius 1 is 1.24 bits per heavy atom. The van der Waals surface area contributed by atoms with Crippen molar-refractivity contribution in [2.24, 2.45) is 0 Å². The molecule has 2 aromatic rings. The molecule has 0 radical (unpaired) electrons. The van der Waals surface area contributed by atoms with Crippen LogP contribution in [-0.4, -0.2) is 10.7 Å². The summed E-state index contributed by atoms with van der Waals surface area (Å²) in [7, 11) is 0. The second kappa shape index (κ2) is 4.83. The molecule has 0 atom stereocenters. The molecule has 3 heteroatoms. The predicted molar refractivity (Wildman–Crippen MR) is 77.1 cm³/mol. The third kappa shape index (κ3) is 2.26. The van der Waals surface area contributed by atoms with Gasteiger partial charge in [0.1, 0.15) is 5.01 Å². The summed E-state index contributed by atoms with van der Waals surface area (Å²) in [6, 6.07) is 6.82. The first-order valence-corrected chi connectivity index (χ1v) is 7.55. The molecular weight excluding hydrogens is 246 g/mol. The zero-order valence-electron chi connectivity index (χ0n) is 9.65. The molecule has 0 aliphatic heterocycles. The van der Waals surface area contributed by atoms with E-state index in [0.29, 0.717) is 0 Å². The van der Waals surface area contributed by atoms with Gasteiger partial charge < -0.3 is 0 Å². The number of rotatable bonds is 3. The van der Waals surface area contributed by atoms with Crippen molar-refractivity contribution >= 4 is 24.0 Å². The Bertz CT molecular complexity index is 531. The molecule has 1 aromatic heterocycles. The summed E-state index contributed by atoms with van der Waals surface area (Å²) in [5.41, 5.74) is 5.50. The van der Waals surface area contributed by atoms with Crippen LogP contribution in [0, 0.1) is 0 Å². The van der Waals surface area contributed by atoms with Crippen LogP contribution in [0.1, 0.15) is 23.2 Å². The monoisotopic (exact) mass is 261 g/mol. The van der Waals surface area contributed by atoms with E-state index < -0.39 is 0 Å². The van der Waals surface area contributed by atoms with E-state index >= 15 is 0 Å². The molecule has 1 nitrogen and oxygen atoms in total. The fourth-order valence-corrected chi connectivity index (χ4v) is 3.45. The predicted octanol–water partition coefficient (Wildman–Crippen LogP) is 3.77. The van der Waals surface area contributed by atoms with Crippen molar-refractivity contribution in [2.75, 3.05) is 5.75 Å². The second-order valence-electron chi connectivity index (χ2n) is 4.45. The van der Waals surface area contributed by atoms with Gasteiger partial charge in [-0.3, -0.25) is 0 Å². The van der Waals surface area contributed by atoms with Crippen LogP contribution in [0.5, 0.6) is 0 Å². The molecule has 1 aromatic carbocycles. The summed E-state index contributed by atoms with van der Waals surface area (Å²) in [5.74, 6) is 0.868. The summed E-state index contributed by atoms with van der Waals surface area (Å²) >= 11 is 5.99. The van der Waals surface area contributed by atoms with Crippen LogP contribution in [-0.2, 0) is 19.3 Å². The standard InChI is InChI=1S/C14H15NS2/c16-7-6-13-9-17-14(15-13)12-5-4-10-2-1-3-11(10)8-12/h4-5,8-9,16H,1-3,6-7H2. The highest BCUT2D eigenvalue weighted by Gasteiger charge is 2.12. The van der Waals surface area contributed by atoms with Crippen LogP contribution in [0.3, 0.4) is 0 Å². The van der Waals surface area contributed by atoms with Crippen molar-refractivity contribution in [3.8, 4) is 10.6 Å². The zero-order valence-corrected chi connectivity index (χ0v) is 11.4. The Balaban J connectivity index is 1.92. The molecule has 1 aliphatic carbocycles. The van der Waals surface area contributed by atoms with Gasteiger partial charge in [-0.1, -0.05) is 12.1 Å². The molecule has 0 saturated heterocycles. The lowest BCUT2D eigenvalue weighted by molar-refractivity contribution is 0.912. The molecule has 0 spiro atoms. The lowest BCUT2D eigenvalue weighted by atomic mass is 10.1. The lowest BCUT2D eigenvalue weighted by Gasteiger charge is -2.01. The first-order chi connectivity index (χ1) is 8.36. The number of aromatic nitrogens is 1. The van der Waals surface area contributed by atoms with Crippen molar-refractivity contribution in [3.05, 3.63) is 40.4 Å². The minimum absolute atomic E-state index is 0.868. The van der Waals surface area contributed by atoms with Crippen LogP contribution in [0.25, 0.3) is 10.6 Å². The molecule has 0 saturated carbocycles. The van der Waals surface area contributed by atoms with E-state index in [1.807, 2.05) is 0 Å². The van der Waals surface area contributed by atoms with Gasteiger partial charge in [0.15, 0.2) is 0 Å². The fraction of sp³-hybridized carbons (Fsp3) is 0.357. The molecule has 88 valence electrons. The van der Waals surface area contributed by atoms with E-state index in [2.05, 4.69) is 41.2 Å². The highest BCUT2D eigenvalue weighted by atomic mass is 32.1. The Kier molecular flexibility index (Phi) is 3.21. The van der Waals surface area contributed by atoms with Crippen molar-refractivity contribution in [1.82, 2.24) is 4.98 Å². The molecular formula is C14H15NS2. The van der Waals surface area contributed by atoms with Gasteiger partial charge >= 0.3 is 0 Å². The molecule has 3 rings (SSSR count). The molecule has 0 fully saturated rings. The number of benzene rings is 1. The topological polar surface area (TPSA) is 12.9 Å². The van der Waals surface area contributed by atoms with Crippen LogP contribution in [0.2, 0.25) is 0 Å². The summed E-state index contributed by atoms with van der Waals surface area (Å²) in [6.07, 6.45) is 4.75. The number of nitrogens with zero attached hydrogens (tertiary/aromatic N) is 1. The summed E-state index contributed by atoms with van der Waals surface area (Å²) < 4.78 is 0. The molecule has 0 bridgehead atoms. The summed E-state index contributed by atoms with van der Waals surface area (Å²) in [5, 5.41) is 3.30. The average molecular weight is 261 g/mol. The van der Waals surface area contributed by atoms with Gasteiger partial charge in [-0.15, -0.1) is 11.3 Å². The van der Waals surface area contributed by atoms with Gasteiger partial charge in [0.25, 0.3) is 0 Å². The first-order valence-electron chi connectivity index (χ1n) is 6.04. The van der Waals surface area contributed by atoms with Gasteiger partial charge in [-0.2, -0.15) is 12.6 Å². The molecule has 0 N–H and O–H groups in total. The minimum atomic E-state index is 0.868. The maximum absolute atomic E-state index is 4.67. The van der Waals surface area contributed by atoms with Crippen molar-refractivity contribution in [1.29, 1.82) is 0 Å². The number of hydrogen-bond donors (Lipinski definition) is 1. The SMILES string of the molecule is SCCc1csc(-c2ccc3c(c2)CCC3)n1. The Morgan fingerprint density at radius 3 is 3.00 bits per heavy atom. The van der Waals surface area contributed by atoms with Gasteiger partial charge in [0, 0.05) is 10.9 Å². The van der Waals surface area contributed by atoms with Gasteiger partial charge in [-0.05, 0) is 48.6 Å². The third-order valence-electron chi connectivity index (χ3n) is 3.27. The van der Waals surface area contributed by atoms with Crippen LogP contribution < -0.4 is 0 Å². The van der Waals surface area contributed by atoms with E-state index in [9.17, 15) is 0 Å². The van der Waals surface area contributed by atoms with Gasteiger partial charge in [-0.25, -0.2) is 4.98 Å². The highest BCUT2D eigenvalue weighted by molar-refractivity contribution is 7.80. The Hall–Kier alpha value is -0.800. The van der Waals surface area contributed by atoms with E-state index in [1.165, 1.54) is 41.6 Å². The molecule has 0 unspecified atom stereocenters. The molecule has 1 aliphatic rings. The molecule has 1 heterocycles. The van der Waals surface area contributed by atoms with Crippen molar-refractivity contribution < 1.29 is 0 Å². The molecule has 17 heavy (non-hydrogen) atoms. The highest BCUT2D eigenvalue weighted by Crippen LogP contribution is 2.29. The number of thiazole rings is 1. The largest absolute Gasteiger partial charge is 0.241 e. The normalized spacial score (nSPS) is 13.9. The first kappa shape index (κ1) is 11.3. The van der Waals surface area contributed by atoms with Crippen LogP contribution >= 0.6 is 24.0 Å². The Morgan fingerprint density at radius 2 is 2.12 bits per heavy atom. The number of aryl methyl sites for hydroxylation is 3. The fourth-order valence-electron chi connectivity index (χ4n) is 2.37. The summed E-state index contributed by atoms with van der Waals surface area (Å²) in [6.45, 7) is 0. The van der Waals surface area contributed by atoms with Crippen LogP contribution in [0.15, 0.2) is 23.6 Å². The van der Waals surface area contributed by atoms with E-state index in [4.69, 9.17) is 0 Å². The zero-order chi connectivity index (χ0) is 11.7. The smallest absolute Gasteiger partial charge is 0.123 e. The Labute approximate surface area is 111 Å². The number of fused-ring (bicyclic) bond motifs is 1. The number of thiol groups is 1. The summed E-state index contributed by atoms with van der Waals surface area (Å²) in [4.78, 5) is 4.67. The van der Waals surface area contributed by atoms with Crippen LogP contribution in [0.4, 0.5) is 0 Å². The maximum Gasteiger partial charge on any atom is 0.123 e. The quantitative estimate of drug-likeness (QED) is 0.830.